The fraction of sp³-hybridized carbons (Fsp3) is 0.143. The Morgan fingerprint density at radius 3 is 2.84 bits per heavy atom. The molecule has 3 rings (SSSR count). The maximum absolute atomic E-state index is 11.5. The third kappa shape index (κ3) is 3.30. The molecule has 0 saturated heterocycles. The number of rotatable bonds is 5. The number of aliphatic carboxylic acids is 1. The molecule has 128 valence electrons. The molecule has 0 aliphatic carbocycles. The largest absolute Gasteiger partial charge is 0.480 e. The Hall–Kier alpha value is -3.34. The number of aliphatic imine (C=N–C) groups is 1. The van der Waals surface area contributed by atoms with Gasteiger partial charge in [0.2, 0.25) is 0 Å². The van der Waals surface area contributed by atoms with E-state index in [9.17, 15) is 9.59 Å². The van der Waals surface area contributed by atoms with Crippen LogP contribution in [0.2, 0.25) is 0 Å². The minimum Gasteiger partial charge on any atom is -0.480 e. The minimum absolute atomic E-state index is 0.0127. The molecule has 25 heavy (non-hydrogen) atoms. The molecule has 0 radical (unpaired) electrons. The van der Waals surface area contributed by atoms with E-state index >= 15 is 0 Å². The number of amides is 1. The van der Waals surface area contributed by atoms with Gasteiger partial charge >= 0.3 is 5.97 Å². The van der Waals surface area contributed by atoms with Crippen molar-refractivity contribution in [3.05, 3.63) is 28.8 Å². The smallest absolute Gasteiger partial charge is 0.325 e. The van der Waals surface area contributed by atoms with E-state index in [2.05, 4.69) is 20.4 Å². The minimum atomic E-state index is -1.10. The van der Waals surface area contributed by atoms with E-state index < -0.39 is 18.4 Å². The first kappa shape index (κ1) is 16.5. The highest BCUT2D eigenvalue weighted by atomic mass is 32.1. The number of carboxylic acid groups (broad SMARTS) is 1. The zero-order valence-corrected chi connectivity index (χ0v) is 13.8. The van der Waals surface area contributed by atoms with Crippen molar-refractivity contribution >= 4 is 51.1 Å². The van der Waals surface area contributed by atoms with E-state index in [0.29, 0.717) is 26.8 Å². The van der Waals surface area contributed by atoms with Crippen LogP contribution in [0.15, 0.2) is 23.1 Å². The summed E-state index contributed by atoms with van der Waals surface area (Å²) in [4.78, 5) is 31.0. The van der Waals surface area contributed by atoms with E-state index in [-0.39, 0.29) is 11.3 Å². The number of carbonyl (C=O) groups excluding carboxylic acids is 1. The molecule has 1 amide bonds. The Labute approximate surface area is 144 Å². The number of carboxylic acids is 1. The number of nitrogens with one attached hydrogen (secondary N) is 2. The molecule has 3 heterocycles. The topological polar surface area (TPSA) is 159 Å². The van der Waals surface area contributed by atoms with E-state index in [1.807, 2.05) is 0 Å². The van der Waals surface area contributed by atoms with E-state index in [1.165, 1.54) is 11.3 Å². The summed E-state index contributed by atoms with van der Waals surface area (Å²) in [5.74, 6) is -1.33. The predicted molar refractivity (Wildman–Crippen MR) is 92.6 cm³/mol. The molecule has 0 unspecified atom stereocenters. The summed E-state index contributed by atoms with van der Waals surface area (Å²) in [6.45, 7) is 1.21. The van der Waals surface area contributed by atoms with Crippen molar-refractivity contribution in [2.75, 3.05) is 0 Å². The lowest BCUT2D eigenvalue weighted by Crippen LogP contribution is -2.15. The van der Waals surface area contributed by atoms with Gasteiger partial charge < -0.3 is 21.6 Å². The fourth-order valence-corrected chi connectivity index (χ4v) is 3.18. The molecule has 1 aliphatic rings. The van der Waals surface area contributed by atoms with Gasteiger partial charge in [0.15, 0.2) is 11.3 Å². The lowest BCUT2D eigenvalue weighted by atomic mass is 10.3. The van der Waals surface area contributed by atoms with Gasteiger partial charge in [-0.3, -0.25) is 9.59 Å². The standard InChI is InChI=1S/C14H13N7O3S/c1-6(15)2-8-17-3-7(4-18-8)14-19-13-11(25-14)10(12(16)24)20-21(13)5-9(22)23/h2-4,15,17H,5H2,1H3,(H2,16,24)(H,22,23)/b8-2+,15-6?. The van der Waals surface area contributed by atoms with Crippen molar-refractivity contribution in [1.29, 1.82) is 5.41 Å². The molecule has 11 heteroatoms. The Kier molecular flexibility index (Phi) is 4.15. The first-order chi connectivity index (χ1) is 11.8. The third-order valence-electron chi connectivity index (χ3n) is 3.13. The number of thiazole rings is 1. The summed E-state index contributed by atoms with van der Waals surface area (Å²) in [5.41, 5.74) is 6.59. The number of carbonyl (C=O) groups is 2. The second kappa shape index (κ2) is 6.28. The highest BCUT2D eigenvalue weighted by Gasteiger charge is 2.22. The van der Waals surface area contributed by atoms with E-state index in [4.69, 9.17) is 16.2 Å². The van der Waals surface area contributed by atoms with Crippen LogP contribution >= 0.6 is 11.3 Å². The molecule has 0 spiro atoms. The number of primary amides is 1. The first-order valence-corrected chi connectivity index (χ1v) is 7.83. The van der Waals surface area contributed by atoms with Gasteiger partial charge in [0.1, 0.15) is 22.1 Å². The number of nitrogens with two attached hydrogens (primary N) is 1. The van der Waals surface area contributed by atoms with Crippen LogP contribution in [-0.2, 0) is 11.3 Å². The highest BCUT2D eigenvalue weighted by Crippen LogP contribution is 2.29. The van der Waals surface area contributed by atoms with Gasteiger partial charge in [0, 0.05) is 29.8 Å². The summed E-state index contributed by atoms with van der Waals surface area (Å²) >= 11 is 1.17. The quantitative estimate of drug-likeness (QED) is 0.571. The van der Waals surface area contributed by atoms with Crippen molar-refractivity contribution in [3.8, 4) is 0 Å². The first-order valence-electron chi connectivity index (χ1n) is 7.02. The molecular weight excluding hydrogens is 346 g/mol. The molecule has 0 saturated carbocycles. The number of hydrogen-bond acceptors (Lipinski definition) is 8. The second-order valence-electron chi connectivity index (χ2n) is 5.15. The fourth-order valence-electron chi connectivity index (χ4n) is 2.14. The predicted octanol–water partition coefficient (Wildman–Crippen LogP) is 0.572. The zero-order valence-electron chi connectivity index (χ0n) is 13.0. The lowest BCUT2D eigenvalue weighted by Gasteiger charge is -2.08. The molecule has 5 N–H and O–H groups in total. The Morgan fingerprint density at radius 1 is 1.52 bits per heavy atom. The van der Waals surface area contributed by atoms with Crippen molar-refractivity contribution in [3.63, 3.8) is 0 Å². The van der Waals surface area contributed by atoms with Gasteiger partial charge in [0.05, 0.1) is 0 Å². The molecule has 0 atom stereocenters. The van der Waals surface area contributed by atoms with Crippen LogP contribution < -0.4 is 11.1 Å². The van der Waals surface area contributed by atoms with Crippen molar-refractivity contribution in [2.45, 2.75) is 13.5 Å². The average molecular weight is 359 g/mol. The zero-order chi connectivity index (χ0) is 18.1. The van der Waals surface area contributed by atoms with Gasteiger partial charge in [-0.15, -0.1) is 11.3 Å². The Morgan fingerprint density at radius 2 is 2.28 bits per heavy atom. The summed E-state index contributed by atoms with van der Waals surface area (Å²) in [7, 11) is 0. The van der Waals surface area contributed by atoms with Crippen LogP contribution in [0.3, 0.4) is 0 Å². The van der Waals surface area contributed by atoms with Crippen LogP contribution in [0, 0.1) is 5.41 Å². The Bertz CT molecular complexity index is 996. The maximum atomic E-state index is 11.5. The van der Waals surface area contributed by atoms with Gasteiger partial charge in [-0.2, -0.15) is 5.10 Å². The number of fused-ring (bicyclic) bond motifs is 1. The SMILES string of the molecule is CC(=N)/C=C1/N=CC(c2nc3c(s2)c(C(N)=O)nn3CC(=O)O)=CN1. The number of nitrogens with zero attached hydrogens (tertiary/aromatic N) is 4. The third-order valence-corrected chi connectivity index (χ3v) is 4.23. The normalized spacial score (nSPS) is 15.2. The molecular formula is C14H13N7O3S. The molecule has 2 aromatic heterocycles. The van der Waals surface area contributed by atoms with Gasteiger partial charge in [-0.1, -0.05) is 0 Å². The van der Waals surface area contributed by atoms with Gasteiger partial charge in [-0.25, -0.2) is 14.7 Å². The second-order valence-corrected chi connectivity index (χ2v) is 6.15. The van der Waals surface area contributed by atoms with Gasteiger partial charge in [0.25, 0.3) is 5.91 Å². The summed E-state index contributed by atoms with van der Waals surface area (Å²) < 4.78 is 1.56. The van der Waals surface area contributed by atoms with E-state index in [0.717, 1.165) is 4.68 Å². The van der Waals surface area contributed by atoms with Crippen LogP contribution in [0.5, 0.6) is 0 Å². The van der Waals surface area contributed by atoms with Crippen LogP contribution in [0.25, 0.3) is 15.9 Å². The lowest BCUT2D eigenvalue weighted by molar-refractivity contribution is -0.137. The highest BCUT2D eigenvalue weighted by molar-refractivity contribution is 7.20. The summed E-state index contributed by atoms with van der Waals surface area (Å²) in [5, 5.41) is 23.8. The average Bonchev–Trinajstić information content (AvgIpc) is 3.07. The number of aromatic nitrogens is 3. The molecule has 0 bridgehead atoms. The van der Waals surface area contributed by atoms with Crippen molar-refractivity contribution in [2.24, 2.45) is 10.7 Å². The van der Waals surface area contributed by atoms with Crippen molar-refractivity contribution < 1.29 is 14.7 Å². The molecule has 0 fully saturated rings. The van der Waals surface area contributed by atoms with E-state index in [1.54, 1.807) is 25.4 Å². The van der Waals surface area contributed by atoms with Crippen LogP contribution in [0.1, 0.15) is 22.4 Å². The monoisotopic (exact) mass is 359 g/mol. The summed E-state index contributed by atoms with van der Waals surface area (Å²) in [6, 6.07) is 0. The van der Waals surface area contributed by atoms with Crippen molar-refractivity contribution in [1.82, 2.24) is 20.1 Å². The number of hydrogen-bond donors (Lipinski definition) is 4. The molecule has 1 aliphatic heterocycles. The molecule has 2 aromatic rings. The summed E-state index contributed by atoms with van der Waals surface area (Å²) in [6.07, 6.45) is 4.80. The number of allylic oxidation sites excluding steroid dienone is 2. The Balaban J connectivity index is 2.00. The van der Waals surface area contributed by atoms with Crippen LogP contribution in [0.4, 0.5) is 0 Å². The van der Waals surface area contributed by atoms with Gasteiger partial charge in [-0.05, 0) is 6.92 Å². The maximum Gasteiger partial charge on any atom is 0.325 e. The van der Waals surface area contributed by atoms with Crippen LogP contribution in [-0.4, -0.2) is 43.7 Å². The molecule has 10 nitrogen and oxygen atoms in total. The molecule has 0 aromatic carbocycles.